The van der Waals surface area contributed by atoms with E-state index in [1.807, 2.05) is 0 Å². The van der Waals surface area contributed by atoms with Gasteiger partial charge in [-0.15, -0.1) is 0 Å². The minimum absolute atomic E-state index is 0.162. The van der Waals surface area contributed by atoms with E-state index < -0.39 is 5.54 Å². The van der Waals surface area contributed by atoms with Crippen molar-refractivity contribution in [3.05, 3.63) is 0 Å². The second-order valence-corrected chi connectivity index (χ2v) is 6.93. The van der Waals surface area contributed by atoms with Gasteiger partial charge in [0.1, 0.15) is 5.54 Å². The molecule has 4 heteroatoms. The molecule has 3 N–H and O–H groups in total. The average Bonchev–Trinajstić information content (AvgIpc) is 3.17. The quantitative estimate of drug-likeness (QED) is 0.698. The summed E-state index contributed by atoms with van der Waals surface area (Å²) in [5, 5.41) is 3.57. The van der Waals surface area contributed by atoms with Gasteiger partial charge in [-0.3, -0.25) is 10.1 Å². The minimum Gasteiger partial charge on any atom is -0.368 e. The molecule has 2 atom stereocenters. The smallest absolute Gasteiger partial charge is 0.239 e. The molecule has 0 aromatic heterocycles. The van der Waals surface area contributed by atoms with Gasteiger partial charge in [-0.25, -0.2) is 0 Å². The van der Waals surface area contributed by atoms with Gasteiger partial charge in [0.2, 0.25) is 5.91 Å². The Bertz CT molecular complexity index is 336. The molecule has 0 aromatic rings. The van der Waals surface area contributed by atoms with Crippen molar-refractivity contribution in [3.63, 3.8) is 0 Å². The Kier molecular flexibility index (Phi) is 4.21. The van der Waals surface area contributed by atoms with Crippen LogP contribution in [0.3, 0.4) is 0 Å². The molecular weight excluding hydrogens is 238 g/mol. The van der Waals surface area contributed by atoms with E-state index in [4.69, 9.17) is 5.73 Å². The van der Waals surface area contributed by atoms with Crippen molar-refractivity contribution in [1.82, 2.24) is 10.2 Å². The molecule has 0 aromatic carbocycles. The van der Waals surface area contributed by atoms with Gasteiger partial charge in [-0.05, 0) is 51.5 Å². The van der Waals surface area contributed by atoms with Crippen LogP contribution < -0.4 is 11.1 Å². The highest BCUT2D eigenvalue weighted by Crippen LogP contribution is 2.42. The van der Waals surface area contributed by atoms with Crippen molar-refractivity contribution in [3.8, 4) is 0 Å². The number of nitrogens with one attached hydrogen (secondary N) is 1. The van der Waals surface area contributed by atoms with E-state index in [0.717, 1.165) is 19.4 Å². The fourth-order valence-electron chi connectivity index (χ4n) is 2.86. The molecule has 0 spiro atoms. The molecule has 110 valence electrons. The lowest BCUT2D eigenvalue weighted by molar-refractivity contribution is -0.126. The zero-order chi connectivity index (χ0) is 14.2. The number of carbonyl (C=O) groups is 1. The van der Waals surface area contributed by atoms with E-state index in [9.17, 15) is 4.79 Å². The van der Waals surface area contributed by atoms with Gasteiger partial charge in [0.25, 0.3) is 0 Å². The van der Waals surface area contributed by atoms with Crippen LogP contribution in [0.25, 0.3) is 0 Å². The van der Waals surface area contributed by atoms with Gasteiger partial charge in [0.15, 0.2) is 0 Å². The Morgan fingerprint density at radius 3 is 2.26 bits per heavy atom. The summed E-state index contributed by atoms with van der Waals surface area (Å²) in [7, 11) is 2.11. The van der Waals surface area contributed by atoms with Crippen molar-refractivity contribution < 1.29 is 4.79 Å². The molecule has 2 aliphatic carbocycles. The topological polar surface area (TPSA) is 58.4 Å². The predicted molar refractivity (Wildman–Crippen MR) is 77.7 cm³/mol. The second-order valence-electron chi connectivity index (χ2n) is 6.93. The highest BCUT2D eigenvalue weighted by Gasteiger charge is 2.52. The fourth-order valence-corrected chi connectivity index (χ4v) is 2.86. The maximum atomic E-state index is 12.1. The van der Waals surface area contributed by atoms with E-state index in [-0.39, 0.29) is 5.91 Å². The first-order valence-corrected chi connectivity index (χ1v) is 7.64. The molecule has 4 nitrogen and oxygen atoms in total. The number of amides is 1. The first-order valence-electron chi connectivity index (χ1n) is 7.64. The maximum absolute atomic E-state index is 12.1. The summed E-state index contributed by atoms with van der Waals surface area (Å²) < 4.78 is 0. The molecule has 2 aliphatic rings. The van der Waals surface area contributed by atoms with E-state index in [2.05, 4.69) is 38.0 Å². The number of hydrogen-bond donors (Lipinski definition) is 2. The largest absolute Gasteiger partial charge is 0.368 e. The lowest BCUT2D eigenvalue weighted by Crippen LogP contribution is -2.64. The summed E-state index contributed by atoms with van der Waals surface area (Å²) in [5.74, 6) is 0.854. The summed E-state index contributed by atoms with van der Waals surface area (Å²) in [4.78, 5) is 14.4. The third-order valence-electron chi connectivity index (χ3n) is 4.91. The molecule has 0 saturated heterocycles. The molecule has 19 heavy (non-hydrogen) atoms. The van der Waals surface area contributed by atoms with Gasteiger partial charge < -0.3 is 10.6 Å². The molecule has 2 rings (SSSR count). The lowest BCUT2D eigenvalue weighted by Gasteiger charge is -2.39. The van der Waals surface area contributed by atoms with E-state index in [1.165, 1.54) is 12.8 Å². The third-order valence-corrected chi connectivity index (χ3v) is 4.91. The number of primary amides is 1. The molecule has 2 saturated carbocycles. The number of likely N-dealkylation sites (N-methyl/N-ethyl adjacent to an activating group) is 1. The number of rotatable bonds is 8. The number of hydrogen-bond acceptors (Lipinski definition) is 3. The number of nitrogens with zero attached hydrogens (tertiary/aromatic N) is 1. The Hall–Kier alpha value is -0.610. The molecule has 0 aliphatic heterocycles. The van der Waals surface area contributed by atoms with Gasteiger partial charge in [-0.2, -0.15) is 0 Å². The summed E-state index contributed by atoms with van der Waals surface area (Å²) in [6, 6.07) is 0.967. The average molecular weight is 267 g/mol. The number of carbonyl (C=O) groups excluding carboxylic acids is 1. The first-order chi connectivity index (χ1) is 8.86. The van der Waals surface area contributed by atoms with Crippen LogP contribution in [-0.4, -0.2) is 42.0 Å². The van der Waals surface area contributed by atoms with Crippen LogP contribution in [0.15, 0.2) is 0 Å². The molecule has 0 radical (unpaired) electrons. The minimum atomic E-state index is -0.501. The van der Waals surface area contributed by atoms with Gasteiger partial charge in [-0.1, -0.05) is 13.8 Å². The van der Waals surface area contributed by atoms with Crippen LogP contribution in [0.5, 0.6) is 0 Å². The highest BCUT2D eigenvalue weighted by molar-refractivity contribution is 5.86. The summed E-state index contributed by atoms with van der Waals surface area (Å²) in [5.41, 5.74) is 5.28. The van der Waals surface area contributed by atoms with Crippen LogP contribution in [0.1, 0.15) is 46.5 Å². The van der Waals surface area contributed by atoms with E-state index in [0.29, 0.717) is 23.9 Å². The molecule has 2 fully saturated rings. The second kappa shape index (κ2) is 5.41. The van der Waals surface area contributed by atoms with Gasteiger partial charge in [0.05, 0.1) is 0 Å². The van der Waals surface area contributed by atoms with Crippen molar-refractivity contribution in [2.75, 3.05) is 13.6 Å². The molecule has 0 heterocycles. The standard InChI is InChI=1S/C15H29N3O/c1-10(2)11(3)18(4)9-15(14(16)19,12-5-6-12)17-13-7-8-13/h10-13,17H,5-9H2,1-4H3,(H2,16,19). The lowest BCUT2D eigenvalue weighted by atomic mass is 9.90. The van der Waals surface area contributed by atoms with Crippen molar-refractivity contribution in [2.24, 2.45) is 17.6 Å². The maximum Gasteiger partial charge on any atom is 0.239 e. The summed E-state index contributed by atoms with van der Waals surface area (Å²) in [6.07, 6.45) is 4.63. The Labute approximate surface area is 117 Å². The molecule has 2 unspecified atom stereocenters. The SMILES string of the molecule is CC(C)C(C)N(C)CC(NC1CC1)(C(N)=O)C1CC1. The fraction of sp³-hybridized carbons (Fsp3) is 0.933. The van der Waals surface area contributed by atoms with Gasteiger partial charge >= 0.3 is 0 Å². The van der Waals surface area contributed by atoms with Crippen molar-refractivity contribution in [1.29, 1.82) is 0 Å². The monoisotopic (exact) mass is 267 g/mol. The van der Waals surface area contributed by atoms with E-state index in [1.54, 1.807) is 0 Å². The third kappa shape index (κ3) is 3.29. The van der Waals surface area contributed by atoms with Gasteiger partial charge in [0, 0.05) is 18.6 Å². The van der Waals surface area contributed by atoms with Crippen LogP contribution >= 0.6 is 0 Å². The van der Waals surface area contributed by atoms with Crippen molar-refractivity contribution >= 4 is 5.91 Å². The zero-order valence-corrected chi connectivity index (χ0v) is 12.8. The summed E-state index contributed by atoms with van der Waals surface area (Å²) >= 11 is 0. The van der Waals surface area contributed by atoms with Crippen LogP contribution in [0.4, 0.5) is 0 Å². The molecule has 1 amide bonds. The Morgan fingerprint density at radius 2 is 1.89 bits per heavy atom. The first kappa shape index (κ1) is 14.8. The van der Waals surface area contributed by atoms with Crippen LogP contribution in [0.2, 0.25) is 0 Å². The highest BCUT2D eigenvalue weighted by atomic mass is 16.1. The molecule has 0 bridgehead atoms. The summed E-state index contributed by atoms with van der Waals surface area (Å²) in [6.45, 7) is 7.40. The normalized spacial score (nSPS) is 24.5. The van der Waals surface area contributed by atoms with E-state index >= 15 is 0 Å². The number of nitrogens with two attached hydrogens (primary N) is 1. The molecular formula is C15H29N3O. The zero-order valence-electron chi connectivity index (χ0n) is 12.8. The van der Waals surface area contributed by atoms with Crippen LogP contribution in [0, 0.1) is 11.8 Å². The van der Waals surface area contributed by atoms with Crippen LogP contribution in [-0.2, 0) is 4.79 Å². The Balaban J connectivity index is 2.09. The van der Waals surface area contributed by atoms with Crippen molar-refractivity contribution in [2.45, 2.75) is 64.1 Å². The Morgan fingerprint density at radius 1 is 1.32 bits per heavy atom. The predicted octanol–water partition coefficient (Wildman–Crippen LogP) is 1.35.